The molecule has 2 rings (SSSR count). The zero-order valence-electron chi connectivity index (χ0n) is 13.3. The van der Waals surface area contributed by atoms with Crippen LogP contribution in [0.5, 0.6) is 0 Å². The summed E-state index contributed by atoms with van der Waals surface area (Å²) in [5.74, 6) is 0.629. The summed E-state index contributed by atoms with van der Waals surface area (Å²) in [6, 6.07) is 10.5. The van der Waals surface area contributed by atoms with E-state index in [1.165, 1.54) is 24.0 Å². The molecule has 1 aliphatic carbocycles. The molecule has 0 aromatic heterocycles. The lowest BCUT2D eigenvalue weighted by Crippen LogP contribution is -2.36. The van der Waals surface area contributed by atoms with E-state index in [0.717, 1.165) is 25.8 Å². The molecule has 0 heterocycles. The largest absolute Gasteiger partial charge is 0.356 e. The Morgan fingerprint density at radius 1 is 1.24 bits per heavy atom. The summed E-state index contributed by atoms with van der Waals surface area (Å²) in [4.78, 5) is 12.5. The van der Waals surface area contributed by atoms with Gasteiger partial charge < -0.3 is 5.32 Å². The summed E-state index contributed by atoms with van der Waals surface area (Å²) in [7, 11) is 0. The number of hydrogen-bond acceptors (Lipinski definition) is 1. The predicted octanol–water partition coefficient (Wildman–Crippen LogP) is 4.43. The van der Waals surface area contributed by atoms with Crippen molar-refractivity contribution < 1.29 is 4.79 Å². The lowest BCUT2D eigenvalue weighted by atomic mass is 9.75. The van der Waals surface area contributed by atoms with Crippen LogP contribution in [0.1, 0.15) is 57.4 Å². The number of amides is 1. The molecule has 0 fully saturated rings. The van der Waals surface area contributed by atoms with Crippen LogP contribution in [0.3, 0.4) is 0 Å². The van der Waals surface area contributed by atoms with Crippen molar-refractivity contribution in [1.82, 2.24) is 5.32 Å². The molecule has 1 N–H and O–H groups in total. The summed E-state index contributed by atoms with van der Waals surface area (Å²) < 4.78 is 0. The third kappa shape index (κ3) is 4.45. The van der Waals surface area contributed by atoms with E-state index in [4.69, 9.17) is 0 Å². The Kier molecular flexibility index (Phi) is 6.04. The molecular formula is C19H27NO. The number of nitrogens with one attached hydrogen (secondary N) is 1. The summed E-state index contributed by atoms with van der Waals surface area (Å²) in [6.07, 6.45) is 7.55. The van der Waals surface area contributed by atoms with Crippen LogP contribution in [-0.4, -0.2) is 12.5 Å². The Bertz CT molecular complexity index is 478. The van der Waals surface area contributed by atoms with Gasteiger partial charge in [0.15, 0.2) is 0 Å². The van der Waals surface area contributed by atoms with E-state index in [2.05, 4.69) is 49.5 Å². The van der Waals surface area contributed by atoms with Gasteiger partial charge in [0.2, 0.25) is 5.91 Å². The molecule has 1 aromatic rings. The highest BCUT2D eigenvalue weighted by Crippen LogP contribution is 2.37. The van der Waals surface area contributed by atoms with E-state index in [1.807, 2.05) is 6.07 Å². The monoisotopic (exact) mass is 285 g/mol. The Morgan fingerprint density at radius 2 is 2.00 bits per heavy atom. The molecule has 2 heteroatoms. The van der Waals surface area contributed by atoms with E-state index in [1.54, 1.807) is 0 Å². The molecule has 2 nitrogen and oxygen atoms in total. The molecule has 2 atom stereocenters. The second kappa shape index (κ2) is 8.02. The Balaban J connectivity index is 2.03. The molecule has 1 amide bonds. The first-order valence-corrected chi connectivity index (χ1v) is 8.20. The molecule has 0 saturated carbocycles. The SMILES string of the molecule is CCCCCNC(=O)C1CC=C(C)CC1c1ccccc1. The molecule has 2 unspecified atom stereocenters. The number of benzene rings is 1. The minimum absolute atomic E-state index is 0.0812. The fourth-order valence-corrected chi connectivity index (χ4v) is 3.12. The number of carbonyl (C=O) groups excluding carboxylic acids is 1. The Morgan fingerprint density at radius 3 is 2.71 bits per heavy atom. The first-order valence-electron chi connectivity index (χ1n) is 8.20. The molecule has 1 aromatic carbocycles. The summed E-state index contributed by atoms with van der Waals surface area (Å²) in [5, 5.41) is 3.13. The van der Waals surface area contributed by atoms with Crippen molar-refractivity contribution in [3.8, 4) is 0 Å². The minimum atomic E-state index is 0.0812. The van der Waals surface area contributed by atoms with Crippen molar-refractivity contribution in [2.24, 2.45) is 5.92 Å². The zero-order valence-corrected chi connectivity index (χ0v) is 13.3. The lowest BCUT2D eigenvalue weighted by Gasteiger charge is -2.30. The first kappa shape index (κ1) is 15.8. The maximum absolute atomic E-state index is 12.5. The molecule has 21 heavy (non-hydrogen) atoms. The van der Waals surface area contributed by atoms with Gasteiger partial charge in [-0.05, 0) is 37.7 Å². The number of rotatable bonds is 6. The highest BCUT2D eigenvalue weighted by Gasteiger charge is 2.31. The summed E-state index contributed by atoms with van der Waals surface area (Å²) in [5.41, 5.74) is 2.69. The minimum Gasteiger partial charge on any atom is -0.356 e. The van der Waals surface area contributed by atoms with Gasteiger partial charge in [-0.2, -0.15) is 0 Å². The Labute approximate surface area is 128 Å². The van der Waals surface area contributed by atoms with Gasteiger partial charge in [0.25, 0.3) is 0 Å². The normalized spacial score (nSPS) is 21.7. The van der Waals surface area contributed by atoms with E-state index >= 15 is 0 Å². The van der Waals surface area contributed by atoms with Gasteiger partial charge in [-0.25, -0.2) is 0 Å². The molecule has 0 radical (unpaired) electrons. The van der Waals surface area contributed by atoms with E-state index < -0.39 is 0 Å². The third-order valence-corrected chi connectivity index (χ3v) is 4.39. The van der Waals surface area contributed by atoms with E-state index in [0.29, 0.717) is 5.92 Å². The van der Waals surface area contributed by atoms with Crippen LogP contribution in [0.15, 0.2) is 42.0 Å². The fraction of sp³-hybridized carbons (Fsp3) is 0.526. The maximum Gasteiger partial charge on any atom is 0.224 e. The molecule has 1 aliphatic rings. The molecular weight excluding hydrogens is 258 g/mol. The number of hydrogen-bond donors (Lipinski definition) is 1. The zero-order chi connectivity index (χ0) is 15.1. The van der Waals surface area contributed by atoms with Crippen LogP contribution < -0.4 is 5.32 Å². The van der Waals surface area contributed by atoms with Crippen LogP contribution in [-0.2, 0) is 4.79 Å². The number of allylic oxidation sites excluding steroid dienone is 2. The lowest BCUT2D eigenvalue weighted by molar-refractivity contribution is -0.125. The van der Waals surface area contributed by atoms with Gasteiger partial charge in [-0.1, -0.05) is 61.7 Å². The van der Waals surface area contributed by atoms with Crippen LogP contribution in [0.25, 0.3) is 0 Å². The molecule has 0 spiro atoms. The van der Waals surface area contributed by atoms with Crippen LogP contribution in [0.4, 0.5) is 0 Å². The quantitative estimate of drug-likeness (QED) is 0.608. The van der Waals surface area contributed by atoms with Crippen molar-refractivity contribution in [1.29, 1.82) is 0 Å². The maximum atomic E-state index is 12.5. The topological polar surface area (TPSA) is 29.1 Å². The molecule has 114 valence electrons. The van der Waals surface area contributed by atoms with Gasteiger partial charge in [0.1, 0.15) is 0 Å². The molecule has 0 aliphatic heterocycles. The average molecular weight is 285 g/mol. The van der Waals surface area contributed by atoms with Crippen LogP contribution >= 0.6 is 0 Å². The first-order chi connectivity index (χ1) is 10.2. The smallest absolute Gasteiger partial charge is 0.224 e. The van der Waals surface area contributed by atoms with Crippen molar-refractivity contribution in [3.05, 3.63) is 47.5 Å². The van der Waals surface area contributed by atoms with Gasteiger partial charge in [0, 0.05) is 12.5 Å². The molecule has 0 saturated heterocycles. The van der Waals surface area contributed by atoms with Crippen LogP contribution in [0, 0.1) is 5.92 Å². The predicted molar refractivity (Wildman–Crippen MR) is 88.2 cm³/mol. The van der Waals surface area contributed by atoms with Gasteiger partial charge in [0.05, 0.1) is 0 Å². The van der Waals surface area contributed by atoms with Crippen molar-refractivity contribution >= 4 is 5.91 Å². The second-order valence-electron chi connectivity index (χ2n) is 6.11. The molecule has 0 bridgehead atoms. The second-order valence-corrected chi connectivity index (χ2v) is 6.11. The van der Waals surface area contributed by atoms with Crippen molar-refractivity contribution in [2.45, 2.75) is 51.9 Å². The van der Waals surface area contributed by atoms with Crippen molar-refractivity contribution in [3.63, 3.8) is 0 Å². The highest BCUT2D eigenvalue weighted by atomic mass is 16.1. The standard InChI is InChI=1S/C19H27NO/c1-3-4-8-13-20-19(21)17-12-11-15(2)14-18(17)16-9-6-5-7-10-16/h5-7,9-11,17-18H,3-4,8,12-14H2,1-2H3,(H,20,21). The summed E-state index contributed by atoms with van der Waals surface area (Å²) >= 11 is 0. The van der Waals surface area contributed by atoms with Crippen molar-refractivity contribution in [2.75, 3.05) is 6.54 Å². The number of carbonyl (C=O) groups is 1. The van der Waals surface area contributed by atoms with E-state index in [-0.39, 0.29) is 11.8 Å². The van der Waals surface area contributed by atoms with Crippen LogP contribution in [0.2, 0.25) is 0 Å². The third-order valence-electron chi connectivity index (χ3n) is 4.39. The van der Waals surface area contributed by atoms with Gasteiger partial charge in [-0.3, -0.25) is 4.79 Å². The number of unbranched alkanes of at least 4 members (excludes halogenated alkanes) is 2. The highest BCUT2D eigenvalue weighted by molar-refractivity contribution is 5.80. The summed E-state index contributed by atoms with van der Waals surface area (Å²) in [6.45, 7) is 5.17. The van der Waals surface area contributed by atoms with E-state index in [9.17, 15) is 4.79 Å². The average Bonchev–Trinajstić information content (AvgIpc) is 2.52. The Hall–Kier alpha value is -1.57. The van der Waals surface area contributed by atoms with Gasteiger partial charge >= 0.3 is 0 Å². The van der Waals surface area contributed by atoms with Gasteiger partial charge in [-0.15, -0.1) is 0 Å². The fourth-order valence-electron chi connectivity index (χ4n) is 3.12.